The highest BCUT2D eigenvalue weighted by atomic mass is 19.1. The molecule has 0 aliphatic rings. The predicted molar refractivity (Wildman–Crippen MR) is 120 cm³/mol. The molecule has 0 bridgehead atoms. The van der Waals surface area contributed by atoms with Gasteiger partial charge in [0.25, 0.3) is 0 Å². The second-order valence-corrected chi connectivity index (χ2v) is 7.83. The smallest absolute Gasteiger partial charge is 0.229 e. The first-order valence-electron chi connectivity index (χ1n) is 9.87. The molecule has 3 aromatic rings. The molecule has 0 unspecified atom stereocenters. The lowest BCUT2D eigenvalue weighted by molar-refractivity contribution is -0.123. The molecule has 154 valence electrons. The fraction of sp³-hybridized carbons (Fsp3) is 0.333. The summed E-state index contributed by atoms with van der Waals surface area (Å²) in [5, 5.41) is 11.7. The van der Waals surface area contributed by atoms with Crippen molar-refractivity contribution in [3.8, 4) is 5.69 Å². The number of fused-ring (bicyclic) bond motifs is 1. The summed E-state index contributed by atoms with van der Waals surface area (Å²) < 4.78 is 15.7. The quantitative estimate of drug-likeness (QED) is 0.496. The number of hydrogen-bond donors (Lipinski definition) is 2. The van der Waals surface area contributed by atoms with Crippen LogP contribution in [0.25, 0.3) is 16.6 Å². The van der Waals surface area contributed by atoms with E-state index < -0.39 is 5.41 Å². The third-order valence-electron chi connectivity index (χ3n) is 4.84. The van der Waals surface area contributed by atoms with Gasteiger partial charge in [-0.1, -0.05) is 40.7 Å². The number of carbonyl (C=O) groups is 1. The van der Waals surface area contributed by atoms with Crippen LogP contribution in [0.3, 0.4) is 0 Å². The Morgan fingerprint density at radius 2 is 1.79 bits per heavy atom. The van der Waals surface area contributed by atoms with Gasteiger partial charge >= 0.3 is 0 Å². The van der Waals surface area contributed by atoms with Crippen molar-refractivity contribution in [3.05, 3.63) is 59.0 Å². The molecule has 0 aliphatic carbocycles. The summed E-state index contributed by atoms with van der Waals surface area (Å²) in [6.07, 6.45) is 1.23. The van der Waals surface area contributed by atoms with Crippen LogP contribution in [0.2, 0.25) is 0 Å². The lowest BCUT2D eigenvalue weighted by atomic mass is 9.95. The monoisotopic (exact) mass is 395 g/mol. The largest absolute Gasteiger partial charge is 0.325 e. The Hall–Kier alpha value is -2.95. The van der Waals surface area contributed by atoms with E-state index in [9.17, 15) is 9.18 Å². The topological polar surface area (TPSA) is 57.9 Å². The zero-order valence-corrected chi connectivity index (χ0v) is 18.3. The van der Waals surface area contributed by atoms with Crippen LogP contribution >= 0.6 is 0 Å². The minimum atomic E-state index is -0.535. The lowest BCUT2D eigenvalue weighted by Gasteiger charge is -2.19. The molecular formula is C24H30FN3O. The molecule has 3 rings (SSSR count). The maximum atomic E-state index is 13.8. The molecule has 0 fully saturated rings. The van der Waals surface area contributed by atoms with Crippen LogP contribution in [0.4, 0.5) is 10.1 Å². The molecule has 0 radical (unpaired) electrons. The summed E-state index contributed by atoms with van der Waals surface area (Å²) in [6.45, 7) is 13.5. The molecular weight excluding hydrogens is 365 g/mol. The van der Waals surface area contributed by atoms with Crippen LogP contribution in [-0.2, 0) is 4.79 Å². The number of halogens is 1. The van der Waals surface area contributed by atoms with Crippen molar-refractivity contribution >= 4 is 28.7 Å². The zero-order chi connectivity index (χ0) is 21.9. The summed E-state index contributed by atoms with van der Waals surface area (Å²) in [4.78, 5) is 12.4. The molecule has 29 heavy (non-hydrogen) atoms. The number of hydrogen-bond acceptors (Lipinski definition) is 2. The summed E-state index contributed by atoms with van der Waals surface area (Å²) >= 11 is 0. The van der Waals surface area contributed by atoms with Crippen molar-refractivity contribution in [1.29, 1.82) is 5.41 Å². The first-order valence-corrected chi connectivity index (χ1v) is 9.87. The van der Waals surface area contributed by atoms with Gasteiger partial charge in [-0.25, -0.2) is 4.39 Å². The number of carbonyl (C=O) groups excluding carboxylic acids is 1. The SMILES string of the molecule is CC.Cc1c(C)n(-c2cccc(F)c2)c2cc(C=N)c(NC(=O)C(C)(C)C)cc12. The molecule has 5 heteroatoms. The maximum absolute atomic E-state index is 13.8. The molecule has 4 nitrogen and oxygen atoms in total. The normalized spacial score (nSPS) is 11.0. The van der Waals surface area contributed by atoms with E-state index in [2.05, 4.69) is 5.32 Å². The number of aryl methyl sites for hydroxylation is 1. The van der Waals surface area contributed by atoms with Gasteiger partial charge < -0.3 is 15.3 Å². The molecule has 1 amide bonds. The van der Waals surface area contributed by atoms with Crippen molar-refractivity contribution in [2.45, 2.75) is 48.5 Å². The average Bonchev–Trinajstić information content (AvgIpc) is 2.92. The van der Waals surface area contributed by atoms with Crippen molar-refractivity contribution in [2.24, 2.45) is 5.41 Å². The molecule has 0 aliphatic heterocycles. The summed E-state index contributed by atoms with van der Waals surface area (Å²) in [5.74, 6) is -0.406. The Balaban J connectivity index is 0.00000145. The van der Waals surface area contributed by atoms with E-state index in [0.717, 1.165) is 27.8 Å². The maximum Gasteiger partial charge on any atom is 0.229 e. The fourth-order valence-electron chi connectivity index (χ4n) is 3.12. The minimum absolute atomic E-state index is 0.108. The number of benzene rings is 2. The Labute approximate surface area is 172 Å². The number of rotatable bonds is 3. The predicted octanol–water partition coefficient (Wildman–Crippen LogP) is 6.39. The van der Waals surface area contributed by atoms with Gasteiger partial charge in [-0.3, -0.25) is 4.79 Å². The third-order valence-corrected chi connectivity index (χ3v) is 4.84. The Bertz CT molecular complexity index is 1060. The summed E-state index contributed by atoms with van der Waals surface area (Å²) in [5.41, 5.74) is 4.33. The van der Waals surface area contributed by atoms with Crippen LogP contribution in [-0.4, -0.2) is 16.7 Å². The molecule has 0 saturated carbocycles. The van der Waals surface area contributed by atoms with Crippen LogP contribution in [0, 0.1) is 30.5 Å². The van der Waals surface area contributed by atoms with Gasteiger partial charge in [0.1, 0.15) is 5.82 Å². The highest BCUT2D eigenvalue weighted by molar-refractivity contribution is 6.04. The number of nitrogens with one attached hydrogen (secondary N) is 2. The van der Waals surface area contributed by atoms with Gasteiger partial charge in [-0.2, -0.15) is 0 Å². The van der Waals surface area contributed by atoms with Crippen molar-refractivity contribution in [2.75, 3.05) is 5.32 Å². The molecule has 1 aromatic heterocycles. The van der Waals surface area contributed by atoms with Crippen LogP contribution in [0.5, 0.6) is 0 Å². The third kappa shape index (κ3) is 4.39. The van der Waals surface area contributed by atoms with Crippen LogP contribution in [0.1, 0.15) is 51.4 Å². The average molecular weight is 396 g/mol. The Morgan fingerprint density at radius 1 is 1.14 bits per heavy atom. The zero-order valence-electron chi connectivity index (χ0n) is 18.3. The van der Waals surface area contributed by atoms with E-state index in [1.54, 1.807) is 6.07 Å². The molecule has 1 heterocycles. The van der Waals surface area contributed by atoms with Crippen molar-refractivity contribution < 1.29 is 9.18 Å². The van der Waals surface area contributed by atoms with E-state index >= 15 is 0 Å². The highest BCUT2D eigenvalue weighted by Crippen LogP contribution is 2.33. The molecule has 0 spiro atoms. The lowest BCUT2D eigenvalue weighted by Crippen LogP contribution is -2.28. The Kier molecular flexibility index (Phi) is 6.62. The fourth-order valence-corrected chi connectivity index (χ4v) is 3.12. The molecule has 2 aromatic carbocycles. The minimum Gasteiger partial charge on any atom is -0.325 e. The molecule has 0 saturated heterocycles. The van der Waals surface area contributed by atoms with Gasteiger partial charge in [0.2, 0.25) is 5.91 Å². The first kappa shape index (κ1) is 22.3. The molecule has 0 atom stereocenters. The van der Waals surface area contributed by atoms with Crippen LogP contribution in [0.15, 0.2) is 36.4 Å². The van der Waals surface area contributed by atoms with Crippen molar-refractivity contribution in [1.82, 2.24) is 4.57 Å². The second kappa shape index (κ2) is 8.60. The van der Waals surface area contributed by atoms with E-state index in [-0.39, 0.29) is 11.7 Å². The van der Waals surface area contributed by atoms with Crippen molar-refractivity contribution in [3.63, 3.8) is 0 Å². The summed E-state index contributed by atoms with van der Waals surface area (Å²) in [6, 6.07) is 10.2. The first-order chi connectivity index (χ1) is 13.6. The van der Waals surface area contributed by atoms with E-state index in [1.807, 2.05) is 71.2 Å². The molecule has 2 N–H and O–H groups in total. The number of amides is 1. The Morgan fingerprint density at radius 3 is 2.34 bits per heavy atom. The van der Waals surface area contributed by atoms with Gasteiger partial charge in [-0.05, 0) is 49.7 Å². The van der Waals surface area contributed by atoms with Gasteiger partial charge in [0.05, 0.1) is 11.2 Å². The van der Waals surface area contributed by atoms with E-state index in [0.29, 0.717) is 11.3 Å². The number of nitrogens with zero attached hydrogens (tertiary/aromatic N) is 1. The van der Waals surface area contributed by atoms with Crippen LogP contribution < -0.4 is 5.32 Å². The second-order valence-electron chi connectivity index (χ2n) is 7.83. The van der Waals surface area contributed by atoms with Gasteiger partial charge in [0.15, 0.2) is 0 Å². The number of anilines is 1. The van der Waals surface area contributed by atoms with Gasteiger partial charge in [0, 0.05) is 34.0 Å². The standard InChI is InChI=1S/C22H24FN3O.C2H6/c1-13-14(2)26(17-8-6-7-16(23)10-17)20-9-15(12-24)19(11-18(13)20)25-21(27)22(3,4)5;1-2/h6-12,24H,1-5H3,(H,25,27);1-2H3. The number of aromatic nitrogens is 1. The summed E-state index contributed by atoms with van der Waals surface area (Å²) in [7, 11) is 0. The highest BCUT2D eigenvalue weighted by Gasteiger charge is 2.23. The van der Waals surface area contributed by atoms with E-state index in [4.69, 9.17) is 5.41 Å². The van der Waals surface area contributed by atoms with Gasteiger partial charge in [-0.15, -0.1) is 0 Å². The van der Waals surface area contributed by atoms with E-state index in [1.165, 1.54) is 18.3 Å².